The van der Waals surface area contributed by atoms with Gasteiger partial charge in [-0.25, -0.2) is 4.98 Å². The standard InChI is InChI=1S/C12H15N3O/c1-7(2)9-5-4-8(3)15-10(11(13)16)6-14-12(9)15/h4-7H,1-3H3,(H2,13,16). The molecule has 0 saturated heterocycles. The number of hydrogen-bond donors (Lipinski definition) is 1. The van der Waals surface area contributed by atoms with Gasteiger partial charge in [0.25, 0.3) is 5.91 Å². The van der Waals surface area contributed by atoms with Gasteiger partial charge < -0.3 is 5.73 Å². The maximum Gasteiger partial charge on any atom is 0.267 e. The first kappa shape index (κ1) is 10.7. The van der Waals surface area contributed by atoms with Crippen molar-refractivity contribution >= 4 is 11.6 Å². The Morgan fingerprint density at radius 3 is 2.69 bits per heavy atom. The summed E-state index contributed by atoms with van der Waals surface area (Å²) in [5.41, 5.74) is 8.67. The van der Waals surface area contributed by atoms with Gasteiger partial charge in [-0.2, -0.15) is 0 Å². The molecule has 0 radical (unpaired) electrons. The van der Waals surface area contributed by atoms with Gasteiger partial charge in [-0.05, 0) is 24.5 Å². The monoisotopic (exact) mass is 217 g/mol. The highest BCUT2D eigenvalue weighted by atomic mass is 16.1. The third kappa shape index (κ3) is 1.46. The number of rotatable bonds is 2. The minimum absolute atomic E-state index is 0.367. The van der Waals surface area contributed by atoms with E-state index in [1.807, 2.05) is 23.5 Å². The predicted molar refractivity (Wildman–Crippen MR) is 62.5 cm³/mol. The van der Waals surface area contributed by atoms with Crippen molar-refractivity contribution in [2.45, 2.75) is 26.7 Å². The molecule has 1 amide bonds. The van der Waals surface area contributed by atoms with Crippen molar-refractivity contribution in [3.05, 3.63) is 35.3 Å². The van der Waals surface area contributed by atoms with Crippen molar-refractivity contribution in [3.8, 4) is 0 Å². The smallest absolute Gasteiger partial charge is 0.267 e. The van der Waals surface area contributed by atoms with Gasteiger partial charge in [0.05, 0.1) is 6.20 Å². The number of nitrogens with zero attached hydrogens (tertiary/aromatic N) is 2. The number of aromatic nitrogens is 2. The fourth-order valence-corrected chi connectivity index (χ4v) is 1.90. The SMILES string of the molecule is Cc1ccc(C(C)C)c2ncc(C(N)=O)n12. The molecule has 0 aliphatic heterocycles. The summed E-state index contributed by atoms with van der Waals surface area (Å²) in [6.45, 7) is 6.14. The van der Waals surface area contributed by atoms with Crippen LogP contribution < -0.4 is 5.73 Å². The second-order valence-electron chi connectivity index (χ2n) is 4.25. The first-order chi connectivity index (χ1) is 7.52. The van der Waals surface area contributed by atoms with E-state index in [-0.39, 0.29) is 0 Å². The normalized spacial score (nSPS) is 11.2. The highest BCUT2D eigenvalue weighted by molar-refractivity contribution is 5.92. The number of carbonyl (C=O) groups excluding carboxylic acids is 1. The molecule has 0 aromatic carbocycles. The number of hydrogen-bond acceptors (Lipinski definition) is 2. The van der Waals surface area contributed by atoms with Crippen LogP contribution in [0, 0.1) is 6.92 Å². The average Bonchev–Trinajstić information content (AvgIpc) is 2.62. The summed E-state index contributed by atoms with van der Waals surface area (Å²) >= 11 is 0. The van der Waals surface area contributed by atoms with Crippen LogP contribution in [0.15, 0.2) is 18.3 Å². The highest BCUT2D eigenvalue weighted by Crippen LogP contribution is 2.22. The second-order valence-corrected chi connectivity index (χ2v) is 4.25. The van der Waals surface area contributed by atoms with Gasteiger partial charge in [0, 0.05) is 5.69 Å². The topological polar surface area (TPSA) is 60.4 Å². The molecule has 0 atom stereocenters. The fourth-order valence-electron chi connectivity index (χ4n) is 1.90. The van der Waals surface area contributed by atoms with E-state index in [9.17, 15) is 4.79 Å². The van der Waals surface area contributed by atoms with Crippen molar-refractivity contribution in [1.29, 1.82) is 0 Å². The number of imidazole rings is 1. The van der Waals surface area contributed by atoms with Crippen LogP contribution in [0.5, 0.6) is 0 Å². The van der Waals surface area contributed by atoms with Gasteiger partial charge in [0.1, 0.15) is 11.3 Å². The van der Waals surface area contributed by atoms with Crippen LogP contribution in [0.25, 0.3) is 5.65 Å². The quantitative estimate of drug-likeness (QED) is 0.834. The third-order valence-electron chi connectivity index (χ3n) is 2.75. The lowest BCUT2D eigenvalue weighted by Crippen LogP contribution is -2.15. The molecule has 2 N–H and O–H groups in total. The number of nitrogens with two attached hydrogens (primary N) is 1. The molecule has 16 heavy (non-hydrogen) atoms. The average molecular weight is 217 g/mol. The lowest BCUT2D eigenvalue weighted by Gasteiger charge is -2.10. The molecule has 0 spiro atoms. The van der Waals surface area contributed by atoms with Crippen LogP contribution in [0.3, 0.4) is 0 Å². The zero-order valence-corrected chi connectivity index (χ0v) is 9.69. The van der Waals surface area contributed by atoms with Gasteiger partial charge in [0.15, 0.2) is 0 Å². The van der Waals surface area contributed by atoms with E-state index in [1.54, 1.807) is 0 Å². The Bertz CT molecular complexity index is 555. The molecule has 2 heterocycles. The molecule has 2 aromatic rings. The van der Waals surface area contributed by atoms with Crippen LogP contribution in [-0.2, 0) is 0 Å². The predicted octanol–water partition coefficient (Wildman–Crippen LogP) is 1.87. The van der Waals surface area contributed by atoms with Crippen molar-refractivity contribution in [2.75, 3.05) is 0 Å². The Balaban J connectivity index is 2.83. The van der Waals surface area contributed by atoms with Crippen molar-refractivity contribution in [1.82, 2.24) is 9.38 Å². The third-order valence-corrected chi connectivity index (χ3v) is 2.75. The summed E-state index contributed by atoms with van der Waals surface area (Å²) in [6, 6.07) is 4.03. The summed E-state index contributed by atoms with van der Waals surface area (Å²) in [6.07, 6.45) is 1.54. The van der Waals surface area contributed by atoms with E-state index in [0.29, 0.717) is 11.6 Å². The zero-order valence-electron chi connectivity index (χ0n) is 9.69. The molecule has 2 rings (SSSR count). The summed E-state index contributed by atoms with van der Waals surface area (Å²) in [5, 5.41) is 0. The van der Waals surface area contributed by atoms with Crippen LogP contribution in [0.1, 0.15) is 41.5 Å². The first-order valence-electron chi connectivity index (χ1n) is 5.29. The Labute approximate surface area is 94.1 Å². The number of pyridine rings is 1. The van der Waals surface area contributed by atoms with Crippen molar-refractivity contribution < 1.29 is 4.79 Å². The van der Waals surface area contributed by atoms with Gasteiger partial charge in [-0.1, -0.05) is 19.9 Å². The fraction of sp³-hybridized carbons (Fsp3) is 0.333. The summed E-state index contributed by atoms with van der Waals surface area (Å²) in [7, 11) is 0. The second kappa shape index (κ2) is 3.63. The van der Waals surface area contributed by atoms with Crippen molar-refractivity contribution in [3.63, 3.8) is 0 Å². The molecule has 2 aromatic heterocycles. The number of carbonyl (C=O) groups is 1. The first-order valence-corrected chi connectivity index (χ1v) is 5.29. The molecule has 4 heteroatoms. The van der Waals surface area contributed by atoms with Gasteiger partial charge in [-0.3, -0.25) is 9.20 Å². The Hall–Kier alpha value is -1.84. The van der Waals surface area contributed by atoms with Gasteiger partial charge in [-0.15, -0.1) is 0 Å². The van der Waals surface area contributed by atoms with E-state index in [4.69, 9.17) is 5.73 Å². The summed E-state index contributed by atoms with van der Waals surface area (Å²) in [4.78, 5) is 15.6. The van der Waals surface area contributed by atoms with Crippen molar-refractivity contribution in [2.24, 2.45) is 5.73 Å². The van der Waals surface area contributed by atoms with Crippen LogP contribution >= 0.6 is 0 Å². The Morgan fingerprint density at radius 2 is 2.12 bits per heavy atom. The van der Waals surface area contributed by atoms with Crippen LogP contribution in [0.2, 0.25) is 0 Å². The molecular formula is C12H15N3O. The van der Waals surface area contributed by atoms with E-state index in [0.717, 1.165) is 16.9 Å². The molecule has 0 saturated carbocycles. The molecule has 4 nitrogen and oxygen atoms in total. The maximum atomic E-state index is 11.3. The largest absolute Gasteiger partial charge is 0.364 e. The Kier molecular flexibility index (Phi) is 2.42. The van der Waals surface area contributed by atoms with E-state index >= 15 is 0 Å². The lowest BCUT2D eigenvalue weighted by molar-refractivity contribution is 0.0994. The number of aryl methyl sites for hydroxylation is 1. The number of primary amides is 1. The summed E-state index contributed by atoms with van der Waals surface area (Å²) in [5.74, 6) is -0.0808. The Morgan fingerprint density at radius 1 is 1.44 bits per heavy atom. The molecule has 0 aliphatic carbocycles. The maximum absolute atomic E-state index is 11.3. The highest BCUT2D eigenvalue weighted by Gasteiger charge is 2.14. The number of amides is 1. The van der Waals surface area contributed by atoms with Crippen LogP contribution in [0.4, 0.5) is 0 Å². The minimum Gasteiger partial charge on any atom is -0.364 e. The molecular weight excluding hydrogens is 202 g/mol. The molecule has 0 aliphatic rings. The van der Waals surface area contributed by atoms with E-state index in [1.165, 1.54) is 6.20 Å². The lowest BCUT2D eigenvalue weighted by atomic mass is 10.0. The summed E-state index contributed by atoms with van der Waals surface area (Å²) < 4.78 is 1.82. The van der Waals surface area contributed by atoms with E-state index in [2.05, 4.69) is 18.8 Å². The number of fused-ring (bicyclic) bond motifs is 1. The minimum atomic E-state index is -0.448. The van der Waals surface area contributed by atoms with Gasteiger partial charge >= 0.3 is 0 Å². The zero-order chi connectivity index (χ0) is 11.9. The molecule has 0 unspecified atom stereocenters. The molecule has 84 valence electrons. The van der Waals surface area contributed by atoms with E-state index < -0.39 is 5.91 Å². The van der Waals surface area contributed by atoms with Crippen LogP contribution in [-0.4, -0.2) is 15.3 Å². The molecule has 0 bridgehead atoms. The molecule has 0 fully saturated rings. The van der Waals surface area contributed by atoms with Gasteiger partial charge in [0.2, 0.25) is 0 Å².